The van der Waals surface area contributed by atoms with Gasteiger partial charge < -0.3 is 20.9 Å². The Kier molecular flexibility index (Phi) is 10.3. The highest BCUT2D eigenvalue weighted by atomic mass is 35.5. The summed E-state index contributed by atoms with van der Waals surface area (Å²) in [6, 6.07) is 7.75. The van der Waals surface area contributed by atoms with Gasteiger partial charge in [0.05, 0.1) is 29.8 Å². The van der Waals surface area contributed by atoms with E-state index >= 15 is 0 Å². The van der Waals surface area contributed by atoms with Gasteiger partial charge in [0, 0.05) is 49.2 Å². The number of amides is 2. The van der Waals surface area contributed by atoms with Crippen molar-refractivity contribution >= 4 is 63.8 Å². The Bertz CT molecular complexity index is 1890. The molecule has 262 valence electrons. The van der Waals surface area contributed by atoms with Gasteiger partial charge in [0.2, 0.25) is 11.9 Å². The first-order valence-corrected chi connectivity index (χ1v) is 14.9. The fraction of sp³-hybridized carbons (Fsp3) is 0.267. The zero-order valence-corrected chi connectivity index (χ0v) is 26.1. The number of aromatic nitrogens is 5. The molecule has 50 heavy (non-hydrogen) atoms. The summed E-state index contributed by atoms with van der Waals surface area (Å²) in [7, 11) is 0. The zero-order valence-electron chi connectivity index (χ0n) is 25.3. The Morgan fingerprint density at radius 3 is 2.28 bits per heavy atom. The van der Waals surface area contributed by atoms with E-state index in [9.17, 15) is 45.5 Å². The average molecular weight is 724 g/mol. The number of hydrogen-bond donors (Lipinski definition) is 4. The number of H-pyrrole nitrogens is 1. The molecule has 3 aromatic heterocycles. The van der Waals surface area contributed by atoms with Crippen molar-refractivity contribution in [3.05, 3.63) is 77.0 Å². The molecule has 6 rings (SSSR count). The number of alkyl halides is 6. The molecular weight excluding hydrogens is 700 g/mol. The fourth-order valence-corrected chi connectivity index (χ4v) is 5.03. The minimum atomic E-state index is -5.77. The van der Waals surface area contributed by atoms with Crippen molar-refractivity contribution in [3.63, 3.8) is 0 Å². The van der Waals surface area contributed by atoms with Crippen LogP contribution >= 0.6 is 11.6 Å². The number of carbonyl (C=O) groups excluding carboxylic acids is 4. The number of aryl methyl sites for hydroxylation is 2. The molecule has 0 saturated carbocycles. The number of pyridine rings is 1. The maximum atomic E-state index is 12.9. The van der Waals surface area contributed by atoms with E-state index in [1.165, 1.54) is 12.4 Å². The Labute approximate surface area is 282 Å². The lowest BCUT2D eigenvalue weighted by molar-refractivity contribution is -0.193. The molecule has 2 aliphatic rings. The topological polar surface area (TPSA) is 175 Å². The van der Waals surface area contributed by atoms with Gasteiger partial charge in [-0.05, 0) is 48.2 Å². The summed E-state index contributed by atoms with van der Waals surface area (Å²) in [5, 5.41) is 16.4. The van der Waals surface area contributed by atoms with Crippen LogP contribution in [-0.4, -0.2) is 78.9 Å². The van der Waals surface area contributed by atoms with Crippen LogP contribution in [0.2, 0.25) is 5.02 Å². The summed E-state index contributed by atoms with van der Waals surface area (Å²) < 4.78 is 67.0. The van der Waals surface area contributed by atoms with Crippen LogP contribution in [0.25, 0.3) is 0 Å². The van der Waals surface area contributed by atoms with Crippen molar-refractivity contribution in [3.8, 4) is 0 Å². The average Bonchev–Trinajstić information content (AvgIpc) is 3.58. The minimum absolute atomic E-state index is 0.0746. The number of Topliss-reactive ketones (excluding diaryl/α,β-unsaturated/α-hetero) is 2. The first-order valence-electron chi connectivity index (χ1n) is 14.5. The molecule has 5 heterocycles. The summed E-state index contributed by atoms with van der Waals surface area (Å²) in [6.45, 7) is 1.10. The molecule has 2 amide bonds. The summed E-state index contributed by atoms with van der Waals surface area (Å²) in [5.41, 5.74) is 4.85. The van der Waals surface area contributed by atoms with Gasteiger partial charge in [-0.3, -0.25) is 29.3 Å². The van der Waals surface area contributed by atoms with E-state index in [-0.39, 0.29) is 17.7 Å². The third kappa shape index (κ3) is 8.90. The minimum Gasteiger partial charge on any atom is -0.339 e. The number of fused-ring (bicyclic) bond motifs is 6. The quantitative estimate of drug-likeness (QED) is 0.159. The number of hydrogen-bond acceptors (Lipinski definition) is 10. The van der Waals surface area contributed by atoms with Crippen LogP contribution in [0.5, 0.6) is 0 Å². The lowest BCUT2D eigenvalue weighted by Crippen LogP contribution is -2.50. The van der Waals surface area contributed by atoms with Gasteiger partial charge in [0.25, 0.3) is 5.91 Å². The smallest absolute Gasteiger partial charge is 0.339 e. The van der Waals surface area contributed by atoms with Crippen molar-refractivity contribution in [2.75, 3.05) is 29.0 Å². The SMILES string of the molecule is O=C(C(=O)C(F)(F)F)C(F)(F)F.O=C(CC1CN(C(=O)c2cn[nH]c2)C1)Nc1ccc2cc1CCc1cncc(c1)Nc1ncc(Cl)c(n1)N2. The van der Waals surface area contributed by atoms with Crippen molar-refractivity contribution in [2.45, 2.75) is 31.6 Å². The van der Waals surface area contributed by atoms with Gasteiger partial charge in [-0.15, -0.1) is 0 Å². The van der Waals surface area contributed by atoms with Crippen LogP contribution in [0.4, 0.5) is 55.2 Å². The van der Waals surface area contributed by atoms with E-state index in [0.29, 0.717) is 48.3 Å². The molecule has 1 saturated heterocycles. The number of aromatic amines is 1. The van der Waals surface area contributed by atoms with Crippen molar-refractivity contribution in [2.24, 2.45) is 5.92 Å². The lowest BCUT2D eigenvalue weighted by atomic mass is 9.95. The summed E-state index contributed by atoms with van der Waals surface area (Å²) in [4.78, 5) is 59.4. The molecule has 0 spiro atoms. The fourth-order valence-electron chi connectivity index (χ4n) is 4.89. The first kappa shape index (κ1) is 35.7. The van der Waals surface area contributed by atoms with Gasteiger partial charge in [0.1, 0.15) is 5.02 Å². The Hall–Kier alpha value is -5.59. The second kappa shape index (κ2) is 14.5. The molecule has 0 radical (unpaired) electrons. The molecule has 4 aromatic rings. The molecule has 1 aromatic carbocycles. The maximum Gasteiger partial charge on any atom is 0.458 e. The van der Waals surface area contributed by atoms with E-state index in [0.717, 1.165) is 34.6 Å². The molecule has 1 fully saturated rings. The highest BCUT2D eigenvalue weighted by molar-refractivity contribution is 6.41. The second-order valence-electron chi connectivity index (χ2n) is 11.1. The summed E-state index contributed by atoms with van der Waals surface area (Å²) in [5.74, 6) is -5.98. The molecule has 0 atom stereocenters. The third-order valence-electron chi connectivity index (χ3n) is 7.30. The van der Waals surface area contributed by atoms with Crippen LogP contribution in [-0.2, 0) is 27.2 Å². The van der Waals surface area contributed by atoms with Gasteiger partial charge in [0.15, 0.2) is 5.82 Å². The monoisotopic (exact) mass is 723 g/mol. The number of ketones is 2. The zero-order chi connectivity index (χ0) is 36.2. The van der Waals surface area contributed by atoms with Crippen molar-refractivity contribution < 1.29 is 45.5 Å². The highest BCUT2D eigenvalue weighted by Crippen LogP contribution is 2.30. The number of nitrogens with zero attached hydrogens (tertiary/aromatic N) is 5. The second-order valence-corrected chi connectivity index (χ2v) is 11.5. The number of likely N-dealkylation sites (tertiary alicyclic amines) is 1. The van der Waals surface area contributed by atoms with E-state index in [1.807, 2.05) is 30.5 Å². The number of anilines is 5. The Morgan fingerprint density at radius 1 is 0.900 bits per heavy atom. The largest absolute Gasteiger partial charge is 0.458 e. The molecule has 20 heteroatoms. The summed E-state index contributed by atoms with van der Waals surface area (Å²) in [6.07, 6.45) is -1.64. The van der Waals surface area contributed by atoms with E-state index in [2.05, 4.69) is 41.1 Å². The molecule has 0 unspecified atom stereocenters. The number of rotatable bonds is 5. The van der Waals surface area contributed by atoms with Crippen molar-refractivity contribution in [1.82, 2.24) is 30.0 Å². The van der Waals surface area contributed by atoms with Crippen LogP contribution < -0.4 is 16.0 Å². The number of halogens is 7. The predicted octanol–water partition coefficient (Wildman–Crippen LogP) is 5.18. The molecular formula is C30H24ClF6N9O4. The van der Waals surface area contributed by atoms with Gasteiger partial charge in [-0.2, -0.15) is 36.4 Å². The van der Waals surface area contributed by atoms with E-state index in [1.54, 1.807) is 17.3 Å². The first-order chi connectivity index (χ1) is 23.6. The molecule has 13 nitrogen and oxygen atoms in total. The predicted molar refractivity (Wildman–Crippen MR) is 165 cm³/mol. The third-order valence-corrected chi connectivity index (χ3v) is 7.58. The Balaban J connectivity index is 0.000000349. The van der Waals surface area contributed by atoms with Gasteiger partial charge >= 0.3 is 23.9 Å². The number of nitrogens with one attached hydrogen (secondary N) is 4. The number of benzene rings is 1. The molecule has 2 aliphatic heterocycles. The summed E-state index contributed by atoms with van der Waals surface area (Å²) >= 11 is 6.35. The van der Waals surface area contributed by atoms with Crippen molar-refractivity contribution in [1.29, 1.82) is 0 Å². The Morgan fingerprint density at radius 2 is 1.62 bits per heavy atom. The highest BCUT2D eigenvalue weighted by Gasteiger charge is 2.54. The van der Waals surface area contributed by atoms with Crippen LogP contribution in [0, 0.1) is 5.92 Å². The lowest BCUT2D eigenvalue weighted by Gasteiger charge is -2.38. The standard InChI is InChI=1S/C26H24ClN9O2.C4F6O2/c27-21-12-29-26-33-20-5-15(8-28-11-20)1-2-17-7-19(32-24(21)35-26)3-4-22(17)34-23(37)6-16-13-36(14-16)25(38)18-9-30-31-10-18;5-3(6,7)1(11)2(12)4(8,9)10/h3-5,7-12,16H,1-2,6,13-14H2,(H,30,31)(H,34,37)(H2,29,32,33,35);. The normalized spacial score (nSPS) is 14.2. The van der Waals surface area contributed by atoms with Crippen LogP contribution in [0.3, 0.4) is 0 Å². The van der Waals surface area contributed by atoms with E-state index in [4.69, 9.17) is 11.6 Å². The van der Waals surface area contributed by atoms with Crippen LogP contribution in [0.15, 0.2) is 55.2 Å². The maximum absolute atomic E-state index is 12.9. The number of carbonyl (C=O) groups is 4. The molecule has 0 aliphatic carbocycles. The van der Waals surface area contributed by atoms with Gasteiger partial charge in [-0.25, -0.2) is 4.98 Å². The van der Waals surface area contributed by atoms with Gasteiger partial charge in [-0.1, -0.05) is 11.6 Å². The molecule has 4 N–H and O–H groups in total. The van der Waals surface area contributed by atoms with E-state index < -0.39 is 23.9 Å². The van der Waals surface area contributed by atoms with Crippen LogP contribution in [0.1, 0.15) is 27.9 Å². The molecule has 6 bridgehead atoms.